The zero-order valence-corrected chi connectivity index (χ0v) is 12.7. The lowest BCUT2D eigenvalue weighted by Gasteiger charge is -2.25. The maximum Gasteiger partial charge on any atom is 0.0371 e. The van der Waals surface area contributed by atoms with E-state index in [2.05, 4.69) is 43.9 Å². The molecule has 19 heavy (non-hydrogen) atoms. The van der Waals surface area contributed by atoms with Crippen LogP contribution in [0.15, 0.2) is 18.2 Å². The van der Waals surface area contributed by atoms with Crippen molar-refractivity contribution in [2.45, 2.75) is 65.0 Å². The van der Waals surface area contributed by atoms with Crippen LogP contribution in [0.1, 0.15) is 50.7 Å². The van der Waals surface area contributed by atoms with E-state index < -0.39 is 0 Å². The maximum absolute atomic E-state index is 6.07. The van der Waals surface area contributed by atoms with Gasteiger partial charge in [-0.15, -0.1) is 0 Å². The van der Waals surface area contributed by atoms with E-state index in [0.29, 0.717) is 6.04 Å². The van der Waals surface area contributed by atoms with Crippen molar-refractivity contribution in [1.29, 1.82) is 0 Å². The van der Waals surface area contributed by atoms with E-state index in [1.165, 1.54) is 42.6 Å². The van der Waals surface area contributed by atoms with Gasteiger partial charge in [-0.1, -0.05) is 19.9 Å². The van der Waals surface area contributed by atoms with Crippen molar-refractivity contribution < 1.29 is 0 Å². The smallest absolute Gasteiger partial charge is 0.0371 e. The second kappa shape index (κ2) is 6.42. The lowest BCUT2D eigenvalue weighted by atomic mass is 9.99. The minimum atomic E-state index is 0.291. The Morgan fingerprint density at radius 1 is 1.32 bits per heavy atom. The van der Waals surface area contributed by atoms with Crippen molar-refractivity contribution in [3.63, 3.8) is 0 Å². The van der Waals surface area contributed by atoms with Crippen molar-refractivity contribution in [2.75, 3.05) is 11.4 Å². The summed E-state index contributed by atoms with van der Waals surface area (Å²) in [5, 5.41) is 0. The fourth-order valence-corrected chi connectivity index (χ4v) is 2.66. The molecule has 106 valence electrons. The monoisotopic (exact) mass is 260 g/mol. The van der Waals surface area contributed by atoms with Crippen LogP contribution < -0.4 is 10.6 Å². The zero-order chi connectivity index (χ0) is 13.8. The van der Waals surface area contributed by atoms with Crippen LogP contribution in [0.25, 0.3) is 0 Å². The van der Waals surface area contributed by atoms with Crippen LogP contribution in [0, 0.1) is 6.92 Å². The second-order valence-electron chi connectivity index (χ2n) is 5.91. The van der Waals surface area contributed by atoms with Gasteiger partial charge in [-0.3, -0.25) is 0 Å². The summed E-state index contributed by atoms with van der Waals surface area (Å²) in [6.07, 6.45) is 5.99. The van der Waals surface area contributed by atoms with Crippen molar-refractivity contribution in [3.8, 4) is 0 Å². The number of aryl methyl sites for hydroxylation is 1. The van der Waals surface area contributed by atoms with Crippen LogP contribution in [0.5, 0.6) is 0 Å². The lowest BCUT2D eigenvalue weighted by Crippen LogP contribution is -2.26. The van der Waals surface area contributed by atoms with E-state index in [-0.39, 0.29) is 0 Å². The molecule has 2 heteroatoms. The summed E-state index contributed by atoms with van der Waals surface area (Å²) in [6, 6.07) is 8.01. The van der Waals surface area contributed by atoms with E-state index in [1.807, 2.05) is 0 Å². The lowest BCUT2D eigenvalue weighted by molar-refractivity contribution is 0.644. The Morgan fingerprint density at radius 3 is 2.58 bits per heavy atom. The van der Waals surface area contributed by atoms with Crippen molar-refractivity contribution in [2.24, 2.45) is 5.73 Å². The number of nitrogens with two attached hydrogens (primary N) is 1. The fourth-order valence-electron chi connectivity index (χ4n) is 2.66. The van der Waals surface area contributed by atoms with Gasteiger partial charge in [0.25, 0.3) is 0 Å². The molecule has 1 aromatic rings. The molecule has 0 saturated heterocycles. The highest BCUT2D eigenvalue weighted by molar-refractivity contribution is 5.52. The molecule has 1 aliphatic carbocycles. The molecule has 2 N–H and O–H groups in total. The van der Waals surface area contributed by atoms with Gasteiger partial charge in [0.2, 0.25) is 0 Å². The molecular weight excluding hydrogens is 232 g/mol. The first kappa shape index (κ1) is 14.4. The summed E-state index contributed by atoms with van der Waals surface area (Å²) < 4.78 is 0. The Morgan fingerprint density at radius 2 is 2.05 bits per heavy atom. The topological polar surface area (TPSA) is 29.3 Å². The molecule has 2 rings (SSSR count). The number of nitrogens with zero attached hydrogens (tertiary/aromatic N) is 1. The normalized spacial score (nSPS) is 16.4. The number of rotatable bonds is 7. The highest BCUT2D eigenvalue weighted by Crippen LogP contribution is 2.32. The minimum Gasteiger partial charge on any atom is -0.369 e. The van der Waals surface area contributed by atoms with Gasteiger partial charge < -0.3 is 10.6 Å². The average Bonchev–Trinajstić information content (AvgIpc) is 3.22. The average molecular weight is 260 g/mol. The molecule has 0 heterocycles. The molecule has 0 aliphatic heterocycles. The molecule has 0 bridgehead atoms. The van der Waals surface area contributed by atoms with Gasteiger partial charge in [0, 0.05) is 24.3 Å². The molecule has 2 nitrogen and oxygen atoms in total. The van der Waals surface area contributed by atoms with Crippen LogP contribution in [-0.4, -0.2) is 18.6 Å². The second-order valence-corrected chi connectivity index (χ2v) is 5.91. The number of benzene rings is 1. The molecule has 0 spiro atoms. The van der Waals surface area contributed by atoms with E-state index in [1.54, 1.807) is 0 Å². The van der Waals surface area contributed by atoms with Crippen molar-refractivity contribution >= 4 is 5.69 Å². The van der Waals surface area contributed by atoms with E-state index in [4.69, 9.17) is 5.73 Å². The van der Waals surface area contributed by atoms with Crippen molar-refractivity contribution in [1.82, 2.24) is 0 Å². The summed E-state index contributed by atoms with van der Waals surface area (Å²) in [4.78, 5) is 2.58. The molecule has 0 radical (unpaired) electrons. The van der Waals surface area contributed by atoms with Crippen LogP contribution in [0.3, 0.4) is 0 Å². The SMILES string of the molecule is CCCN(c1ccc(CC(N)CC)c(C)c1)C1CC1. The van der Waals surface area contributed by atoms with Crippen LogP contribution in [-0.2, 0) is 6.42 Å². The summed E-state index contributed by atoms with van der Waals surface area (Å²) in [7, 11) is 0. The Labute approximate surface area is 118 Å². The Bertz CT molecular complexity index is 410. The number of hydrogen-bond donors (Lipinski definition) is 1. The highest BCUT2D eigenvalue weighted by atomic mass is 15.2. The standard InChI is InChI=1S/C17H28N2/c1-4-10-19(16-8-9-16)17-7-6-14(13(3)11-17)12-15(18)5-2/h6-7,11,15-16H,4-5,8-10,12,18H2,1-3H3. The van der Waals surface area contributed by atoms with Gasteiger partial charge in [-0.2, -0.15) is 0 Å². The van der Waals surface area contributed by atoms with Gasteiger partial charge in [0.1, 0.15) is 0 Å². The molecule has 1 saturated carbocycles. The third kappa shape index (κ3) is 3.73. The Balaban J connectivity index is 2.12. The third-order valence-electron chi connectivity index (χ3n) is 4.12. The van der Waals surface area contributed by atoms with E-state index in [9.17, 15) is 0 Å². The van der Waals surface area contributed by atoms with Crippen molar-refractivity contribution in [3.05, 3.63) is 29.3 Å². The van der Waals surface area contributed by atoms with E-state index in [0.717, 1.165) is 18.9 Å². The first-order valence-electron chi connectivity index (χ1n) is 7.77. The maximum atomic E-state index is 6.07. The zero-order valence-electron chi connectivity index (χ0n) is 12.7. The first-order valence-corrected chi connectivity index (χ1v) is 7.77. The number of hydrogen-bond acceptors (Lipinski definition) is 2. The van der Waals surface area contributed by atoms with Gasteiger partial charge >= 0.3 is 0 Å². The van der Waals surface area contributed by atoms with Gasteiger partial charge in [0.05, 0.1) is 0 Å². The predicted molar refractivity (Wildman–Crippen MR) is 83.8 cm³/mol. The summed E-state index contributed by atoms with van der Waals surface area (Å²) in [5.41, 5.74) is 10.3. The Kier molecular flexibility index (Phi) is 4.87. The quantitative estimate of drug-likeness (QED) is 0.811. The fraction of sp³-hybridized carbons (Fsp3) is 0.647. The van der Waals surface area contributed by atoms with Crippen LogP contribution >= 0.6 is 0 Å². The molecular formula is C17H28N2. The molecule has 1 unspecified atom stereocenters. The minimum absolute atomic E-state index is 0.291. The van der Waals surface area contributed by atoms with Crippen LogP contribution in [0.4, 0.5) is 5.69 Å². The molecule has 0 amide bonds. The number of anilines is 1. The predicted octanol–water partition coefficient (Wildman–Crippen LogP) is 3.65. The summed E-state index contributed by atoms with van der Waals surface area (Å²) in [6.45, 7) is 7.82. The third-order valence-corrected chi connectivity index (χ3v) is 4.12. The highest BCUT2D eigenvalue weighted by Gasteiger charge is 2.28. The molecule has 1 aliphatic rings. The largest absolute Gasteiger partial charge is 0.369 e. The molecule has 1 fully saturated rings. The summed E-state index contributed by atoms with van der Waals surface area (Å²) in [5.74, 6) is 0. The molecule has 1 aromatic carbocycles. The Hall–Kier alpha value is -1.02. The van der Waals surface area contributed by atoms with Crippen LogP contribution in [0.2, 0.25) is 0 Å². The van der Waals surface area contributed by atoms with E-state index >= 15 is 0 Å². The first-order chi connectivity index (χ1) is 9.15. The van der Waals surface area contributed by atoms with Gasteiger partial charge in [-0.05, 0) is 62.3 Å². The van der Waals surface area contributed by atoms with Gasteiger partial charge in [-0.25, -0.2) is 0 Å². The summed E-state index contributed by atoms with van der Waals surface area (Å²) >= 11 is 0. The van der Waals surface area contributed by atoms with Gasteiger partial charge in [0.15, 0.2) is 0 Å². The molecule has 1 atom stereocenters. The molecule has 0 aromatic heterocycles.